The highest BCUT2D eigenvalue weighted by Crippen LogP contribution is 2.06. The standard InChI is InChI=1S/C8H20N2/c1-7(2)8(10)5-3-4-6-9/h7-8H,3-6,9-10H2,1-2H3/t8-/m0/s1. The van der Waals surface area contributed by atoms with E-state index in [-0.39, 0.29) is 0 Å². The minimum absolute atomic E-state index is 0.367. The molecule has 0 aromatic heterocycles. The first-order chi connectivity index (χ1) is 4.68. The average Bonchev–Trinajstić information content (AvgIpc) is 1.88. The average molecular weight is 144 g/mol. The third-order valence-electron chi connectivity index (χ3n) is 1.85. The number of nitrogens with two attached hydrogens (primary N) is 2. The van der Waals surface area contributed by atoms with E-state index < -0.39 is 0 Å². The fraction of sp³-hybridized carbons (Fsp3) is 1.00. The third kappa shape index (κ3) is 4.77. The van der Waals surface area contributed by atoms with Crippen molar-refractivity contribution in [3.63, 3.8) is 0 Å². The van der Waals surface area contributed by atoms with Gasteiger partial charge in [-0.3, -0.25) is 0 Å². The number of hydrogen-bond donors (Lipinski definition) is 2. The van der Waals surface area contributed by atoms with E-state index in [1.165, 1.54) is 6.42 Å². The highest BCUT2D eigenvalue weighted by atomic mass is 14.6. The minimum Gasteiger partial charge on any atom is -0.330 e. The molecule has 2 nitrogen and oxygen atoms in total. The second kappa shape index (κ2) is 5.69. The molecular weight excluding hydrogens is 124 g/mol. The first-order valence-corrected chi connectivity index (χ1v) is 4.14. The summed E-state index contributed by atoms with van der Waals surface area (Å²) in [4.78, 5) is 0. The van der Waals surface area contributed by atoms with Gasteiger partial charge in [0.05, 0.1) is 0 Å². The van der Waals surface area contributed by atoms with E-state index in [0.717, 1.165) is 19.4 Å². The smallest absolute Gasteiger partial charge is 0.00619 e. The summed E-state index contributed by atoms with van der Waals surface area (Å²) in [6.07, 6.45) is 3.41. The Kier molecular flexibility index (Phi) is 5.64. The SMILES string of the molecule is CC(C)[C@@H](N)CCCCN. The Morgan fingerprint density at radius 2 is 1.80 bits per heavy atom. The van der Waals surface area contributed by atoms with Gasteiger partial charge in [0.1, 0.15) is 0 Å². The van der Waals surface area contributed by atoms with Gasteiger partial charge in [-0.25, -0.2) is 0 Å². The van der Waals surface area contributed by atoms with Gasteiger partial charge in [0, 0.05) is 6.04 Å². The Morgan fingerprint density at radius 1 is 1.20 bits per heavy atom. The van der Waals surface area contributed by atoms with Gasteiger partial charge in [0.15, 0.2) is 0 Å². The van der Waals surface area contributed by atoms with E-state index in [0.29, 0.717) is 12.0 Å². The molecule has 0 bridgehead atoms. The Hall–Kier alpha value is -0.0800. The summed E-state index contributed by atoms with van der Waals surface area (Å²) in [5.74, 6) is 0.609. The normalized spacial score (nSPS) is 14.1. The minimum atomic E-state index is 0.367. The molecule has 10 heavy (non-hydrogen) atoms. The van der Waals surface area contributed by atoms with Crippen molar-refractivity contribution < 1.29 is 0 Å². The number of hydrogen-bond acceptors (Lipinski definition) is 2. The van der Waals surface area contributed by atoms with E-state index in [2.05, 4.69) is 13.8 Å². The first-order valence-electron chi connectivity index (χ1n) is 4.14. The Balaban J connectivity index is 3.13. The van der Waals surface area contributed by atoms with Crippen LogP contribution in [0.1, 0.15) is 33.1 Å². The molecule has 0 amide bonds. The Bertz CT molecular complexity index is 71.7. The fourth-order valence-corrected chi connectivity index (χ4v) is 0.858. The maximum Gasteiger partial charge on any atom is 0.00619 e. The molecule has 0 heterocycles. The van der Waals surface area contributed by atoms with Gasteiger partial charge in [-0.1, -0.05) is 20.3 Å². The summed E-state index contributed by atoms with van der Waals surface area (Å²) >= 11 is 0. The van der Waals surface area contributed by atoms with Crippen LogP contribution in [0.15, 0.2) is 0 Å². The van der Waals surface area contributed by atoms with Crippen LogP contribution in [0, 0.1) is 5.92 Å². The molecule has 0 unspecified atom stereocenters. The molecule has 0 aromatic rings. The fourth-order valence-electron chi connectivity index (χ4n) is 0.858. The van der Waals surface area contributed by atoms with E-state index in [1.54, 1.807) is 0 Å². The molecule has 2 heteroatoms. The molecule has 4 N–H and O–H groups in total. The summed E-state index contributed by atoms with van der Waals surface area (Å²) in [6, 6.07) is 0.367. The topological polar surface area (TPSA) is 52.0 Å². The molecular formula is C8H20N2. The lowest BCUT2D eigenvalue weighted by Crippen LogP contribution is -2.26. The lowest BCUT2D eigenvalue weighted by molar-refractivity contribution is 0.447. The van der Waals surface area contributed by atoms with Crippen LogP contribution < -0.4 is 11.5 Å². The van der Waals surface area contributed by atoms with Crippen molar-refractivity contribution in [3.05, 3.63) is 0 Å². The second-order valence-corrected chi connectivity index (χ2v) is 3.19. The molecule has 1 atom stereocenters. The third-order valence-corrected chi connectivity index (χ3v) is 1.85. The largest absolute Gasteiger partial charge is 0.330 e. The molecule has 0 aliphatic rings. The molecule has 0 spiro atoms. The van der Waals surface area contributed by atoms with Crippen molar-refractivity contribution in [2.24, 2.45) is 17.4 Å². The van der Waals surface area contributed by atoms with E-state index in [4.69, 9.17) is 11.5 Å². The second-order valence-electron chi connectivity index (χ2n) is 3.19. The van der Waals surface area contributed by atoms with Gasteiger partial charge in [-0.2, -0.15) is 0 Å². The van der Waals surface area contributed by atoms with Crippen molar-refractivity contribution in [1.82, 2.24) is 0 Å². The monoisotopic (exact) mass is 144 g/mol. The molecule has 0 radical (unpaired) electrons. The Morgan fingerprint density at radius 3 is 2.20 bits per heavy atom. The van der Waals surface area contributed by atoms with Crippen LogP contribution in [0.2, 0.25) is 0 Å². The highest BCUT2D eigenvalue weighted by Gasteiger charge is 2.05. The molecule has 0 aliphatic carbocycles. The zero-order chi connectivity index (χ0) is 7.98. The van der Waals surface area contributed by atoms with Gasteiger partial charge >= 0.3 is 0 Å². The van der Waals surface area contributed by atoms with Gasteiger partial charge < -0.3 is 11.5 Å². The number of rotatable bonds is 5. The predicted octanol–water partition coefficient (Wildman–Crippen LogP) is 1.10. The summed E-state index contributed by atoms with van der Waals surface area (Å²) in [5, 5.41) is 0. The molecule has 0 fully saturated rings. The van der Waals surface area contributed by atoms with Crippen molar-refractivity contribution in [2.75, 3.05) is 6.54 Å². The molecule has 0 aromatic carbocycles. The van der Waals surface area contributed by atoms with E-state index >= 15 is 0 Å². The first kappa shape index (κ1) is 9.92. The van der Waals surface area contributed by atoms with Crippen molar-refractivity contribution in [3.8, 4) is 0 Å². The van der Waals surface area contributed by atoms with Crippen molar-refractivity contribution in [1.29, 1.82) is 0 Å². The van der Waals surface area contributed by atoms with E-state index in [9.17, 15) is 0 Å². The van der Waals surface area contributed by atoms with Crippen molar-refractivity contribution >= 4 is 0 Å². The maximum absolute atomic E-state index is 5.82. The van der Waals surface area contributed by atoms with Gasteiger partial charge in [-0.05, 0) is 25.3 Å². The molecule has 0 saturated carbocycles. The lowest BCUT2D eigenvalue weighted by Gasteiger charge is -2.14. The van der Waals surface area contributed by atoms with Crippen LogP contribution in [-0.4, -0.2) is 12.6 Å². The predicted molar refractivity (Wildman–Crippen MR) is 45.7 cm³/mol. The van der Waals surface area contributed by atoms with Gasteiger partial charge in [-0.15, -0.1) is 0 Å². The van der Waals surface area contributed by atoms with Crippen LogP contribution in [0.4, 0.5) is 0 Å². The van der Waals surface area contributed by atoms with Gasteiger partial charge in [0.25, 0.3) is 0 Å². The molecule has 62 valence electrons. The summed E-state index contributed by atoms with van der Waals surface area (Å²) in [7, 11) is 0. The van der Waals surface area contributed by atoms with Gasteiger partial charge in [0.2, 0.25) is 0 Å². The zero-order valence-corrected chi connectivity index (χ0v) is 7.14. The Labute approximate surface area is 64.0 Å². The van der Waals surface area contributed by atoms with Crippen LogP contribution in [0.3, 0.4) is 0 Å². The van der Waals surface area contributed by atoms with Crippen LogP contribution in [0.5, 0.6) is 0 Å². The summed E-state index contributed by atoms with van der Waals surface area (Å²) in [5.41, 5.74) is 11.2. The lowest BCUT2D eigenvalue weighted by atomic mass is 10.00. The highest BCUT2D eigenvalue weighted by molar-refractivity contribution is 4.64. The molecule has 0 rings (SSSR count). The number of unbranched alkanes of at least 4 members (excludes halogenated alkanes) is 1. The van der Waals surface area contributed by atoms with Crippen LogP contribution in [0.25, 0.3) is 0 Å². The molecule has 0 aliphatic heterocycles. The van der Waals surface area contributed by atoms with Crippen LogP contribution >= 0.6 is 0 Å². The summed E-state index contributed by atoms with van der Waals surface area (Å²) < 4.78 is 0. The maximum atomic E-state index is 5.82. The quantitative estimate of drug-likeness (QED) is 0.568. The van der Waals surface area contributed by atoms with E-state index in [1.807, 2.05) is 0 Å². The van der Waals surface area contributed by atoms with Crippen molar-refractivity contribution in [2.45, 2.75) is 39.2 Å². The zero-order valence-electron chi connectivity index (χ0n) is 7.14. The molecule has 0 saturated heterocycles. The summed E-state index contributed by atoms with van der Waals surface area (Å²) in [6.45, 7) is 5.12. The van der Waals surface area contributed by atoms with Crippen LogP contribution in [-0.2, 0) is 0 Å².